The first-order chi connectivity index (χ1) is 7.80. The van der Waals surface area contributed by atoms with Crippen molar-refractivity contribution >= 4 is 5.97 Å². The molecule has 0 aromatic rings. The van der Waals surface area contributed by atoms with Crippen LogP contribution in [0.2, 0.25) is 0 Å². The predicted octanol–water partition coefficient (Wildman–Crippen LogP) is 0.0188. The summed E-state index contributed by atoms with van der Waals surface area (Å²) in [5.74, 6) is -0.440. The van der Waals surface area contributed by atoms with Crippen molar-refractivity contribution in [1.29, 1.82) is 0 Å². The first-order valence-electron chi connectivity index (χ1n) is 5.21. The van der Waals surface area contributed by atoms with Gasteiger partial charge in [0.2, 0.25) is 5.28 Å². The van der Waals surface area contributed by atoms with E-state index in [1.807, 2.05) is 0 Å². The average molecular weight is 247 g/mol. The Hall–Kier alpha value is -1.57. The third kappa shape index (κ3) is 4.06. The number of β-amino-alcohol motifs (C(OH)–C–C–N with tert-alkyl or cyclic N) is 1. The Morgan fingerprint density at radius 3 is 2.65 bits per heavy atom. The second kappa shape index (κ2) is 5.17. The molecular formula is C9H17N3O5. The van der Waals surface area contributed by atoms with Gasteiger partial charge in [0.1, 0.15) is 19.2 Å². The Morgan fingerprint density at radius 1 is 1.59 bits per heavy atom. The topological polar surface area (TPSA) is 97.4 Å². The van der Waals surface area contributed by atoms with Gasteiger partial charge in [-0.3, -0.25) is 4.79 Å². The van der Waals surface area contributed by atoms with Gasteiger partial charge in [-0.1, -0.05) is 0 Å². The SMILES string of the molecule is CC(C)(C)C(=O)OCON=[N+]([O-])N1CC(O)C1. The lowest BCUT2D eigenvalue weighted by Gasteiger charge is -2.30. The van der Waals surface area contributed by atoms with Gasteiger partial charge in [0.25, 0.3) is 6.79 Å². The summed E-state index contributed by atoms with van der Waals surface area (Å²) in [6.45, 7) is 5.14. The van der Waals surface area contributed by atoms with Crippen LogP contribution >= 0.6 is 0 Å². The molecule has 0 unspecified atom stereocenters. The number of hydrazine groups is 1. The largest absolute Gasteiger partial charge is 0.569 e. The normalized spacial score (nSPS) is 17.6. The molecule has 0 amide bonds. The minimum absolute atomic E-state index is 0.220. The molecule has 1 N–H and O–H groups in total. The van der Waals surface area contributed by atoms with E-state index in [0.29, 0.717) is 0 Å². The molecule has 0 spiro atoms. The van der Waals surface area contributed by atoms with Crippen LogP contribution in [-0.2, 0) is 14.4 Å². The van der Waals surface area contributed by atoms with Gasteiger partial charge in [-0.15, -0.1) is 5.01 Å². The summed E-state index contributed by atoms with van der Waals surface area (Å²) in [4.78, 5) is 16.0. The summed E-state index contributed by atoms with van der Waals surface area (Å²) in [6.07, 6.45) is -0.500. The van der Waals surface area contributed by atoms with Crippen molar-refractivity contribution in [2.45, 2.75) is 26.9 Å². The Labute approximate surface area is 98.9 Å². The number of ether oxygens (including phenoxy) is 1. The van der Waals surface area contributed by atoms with Crippen LogP contribution in [-0.4, -0.2) is 47.0 Å². The second-order valence-corrected chi connectivity index (χ2v) is 4.79. The molecule has 1 heterocycles. The first-order valence-corrected chi connectivity index (χ1v) is 5.21. The lowest BCUT2D eigenvalue weighted by molar-refractivity contribution is -0.727. The maximum absolute atomic E-state index is 11.3. The zero-order chi connectivity index (χ0) is 13.1. The highest BCUT2D eigenvalue weighted by atomic mass is 16.8. The van der Waals surface area contributed by atoms with E-state index < -0.39 is 24.3 Å². The van der Waals surface area contributed by atoms with Crippen LogP contribution in [0.5, 0.6) is 0 Å². The molecule has 0 bridgehead atoms. The Morgan fingerprint density at radius 2 is 2.18 bits per heavy atom. The zero-order valence-corrected chi connectivity index (χ0v) is 10.1. The highest BCUT2D eigenvalue weighted by Crippen LogP contribution is 2.14. The van der Waals surface area contributed by atoms with E-state index >= 15 is 0 Å². The molecule has 8 nitrogen and oxygen atoms in total. The lowest BCUT2D eigenvalue weighted by Crippen LogP contribution is -2.53. The van der Waals surface area contributed by atoms with E-state index in [1.165, 1.54) is 5.01 Å². The summed E-state index contributed by atoms with van der Waals surface area (Å²) in [5, 5.41) is 24.4. The predicted molar refractivity (Wildman–Crippen MR) is 55.1 cm³/mol. The van der Waals surface area contributed by atoms with Gasteiger partial charge in [-0.2, -0.15) is 0 Å². The molecule has 0 saturated carbocycles. The molecule has 1 aliphatic rings. The Bertz CT molecular complexity index is 306. The number of hydrogen-bond donors (Lipinski definition) is 1. The van der Waals surface area contributed by atoms with Gasteiger partial charge in [0, 0.05) is 0 Å². The quantitative estimate of drug-likeness (QED) is 0.188. The van der Waals surface area contributed by atoms with Crippen LogP contribution in [0.15, 0.2) is 5.28 Å². The smallest absolute Gasteiger partial charge is 0.314 e. The Kier molecular flexibility index (Phi) is 4.11. The van der Waals surface area contributed by atoms with E-state index in [9.17, 15) is 10.0 Å². The molecule has 17 heavy (non-hydrogen) atoms. The molecular weight excluding hydrogens is 230 g/mol. The minimum Gasteiger partial charge on any atom is -0.569 e. The van der Waals surface area contributed by atoms with E-state index in [-0.39, 0.29) is 18.1 Å². The van der Waals surface area contributed by atoms with Crippen LogP contribution in [0.4, 0.5) is 0 Å². The third-order valence-electron chi connectivity index (χ3n) is 2.07. The van der Waals surface area contributed by atoms with Crippen LogP contribution in [0.1, 0.15) is 20.8 Å². The molecule has 98 valence electrons. The highest BCUT2D eigenvalue weighted by molar-refractivity contribution is 5.75. The lowest BCUT2D eigenvalue weighted by atomic mass is 9.98. The maximum Gasteiger partial charge on any atom is 0.314 e. The second-order valence-electron chi connectivity index (χ2n) is 4.79. The fourth-order valence-electron chi connectivity index (χ4n) is 0.994. The number of carbonyl (C=O) groups is 1. The average Bonchev–Trinajstić information content (AvgIpc) is 2.17. The molecule has 0 radical (unpaired) electrons. The first kappa shape index (κ1) is 13.5. The fourth-order valence-corrected chi connectivity index (χ4v) is 0.994. The monoisotopic (exact) mass is 247 g/mol. The number of aliphatic hydroxyl groups is 1. The Balaban J connectivity index is 2.19. The zero-order valence-electron chi connectivity index (χ0n) is 10.1. The summed E-state index contributed by atoms with van der Waals surface area (Å²) < 4.78 is 4.72. The van der Waals surface area contributed by atoms with Crippen molar-refractivity contribution in [3.05, 3.63) is 5.21 Å². The van der Waals surface area contributed by atoms with Crippen molar-refractivity contribution in [2.24, 2.45) is 10.7 Å². The number of esters is 1. The molecule has 0 aromatic carbocycles. The third-order valence-corrected chi connectivity index (χ3v) is 2.07. The van der Waals surface area contributed by atoms with Gasteiger partial charge >= 0.3 is 5.97 Å². The van der Waals surface area contributed by atoms with Crippen LogP contribution in [0.25, 0.3) is 0 Å². The number of hydrogen-bond acceptors (Lipinski definition) is 6. The van der Waals surface area contributed by atoms with Gasteiger partial charge < -0.3 is 19.9 Å². The molecule has 1 saturated heterocycles. The molecule has 1 aliphatic heterocycles. The van der Waals surface area contributed by atoms with Crippen LogP contribution in [0, 0.1) is 10.6 Å². The van der Waals surface area contributed by atoms with Crippen molar-refractivity contribution < 1.29 is 24.4 Å². The van der Waals surface area contributed by atoms with Crippen LogP contribution < -0.4 is 0 Å². The van der Waals surface area contributed by atoms with Crippen molar-refractivity contribution in [3.8, 4) is 0 Å². The highest BCUT2D eigenvalue weighted by Gasteiger charge is 2.31. The maximum atomic E-state index is 11.3. The van der Waals surface area contributed by atoms with Gasteiger partial charge in [0.15, 0.2) is 0 Å². The van der Waals surface area contributed by atoms with E-state index in [2.05, 4.69) is 10.1 Å². The number of nitrogens with zero attached hydrogens (tertiary/aromatic N) is 3. The molecule has 0 atom stereocenters. The van der Waals surface area contributed by atoms with Crippen molar-refractivity contribution in [3.63, 3.8) is 0 Å². The molecule has 0 aliphatic carbocycles. The molecule has 8 heteroatoms. The minimum atomic E-state index is -0.623. The van der Waals surface area contributed by atoms with Crippen LogP contribution in [0.3, 0.4) is 0 Å². The molecule has 1 rings (SSSR count). The number of rotatable bonds is 4. The van der Waals surface area contributed by atoms with Gasteiger partial charge in [0.05, 0.1) is 10.4 Å². The van der Waals surface area contributed by atoms with E-state index in [1.54, 1.807) is 20.8 Å². The van der Waals surface area contributed by atoms with E-state index in [0.717, 1.165) is 0 Å². The van der Waals surface area contributed by atoms with E-state index in [4.69, 9.17) is 9.84 Å². The van der Waals surface area contributed by atoms with Gasteiger partial charge in [-0.25, -0.2) is 0 Å². The molecule has 1 fully saturated rings. The molecule has 0 aromatic heterocycles. The van der Waals surface area contributed by atoms with Crippen molar-refractivity contribution in [1.82, 2.24) is 5.01 Å². The number of carbonyl (C=O) groups excluding carboxylic acids is 1. The number of aliphatic hydroxyl groups excluding tert-OH is 1. The summed E-state index contributed by atoms with van der Waals surface area (Å²) in [6, 6.07) is 0. The van der Waals surface area contributed by atoms with Gasteiger partial charge in [-0.05, 0) is 20.8 Å². The summed E-state index contributed by atoms with van der Waals surface area (Å²) >= 11 is 0. The summed E-state index contributed by atoms with van der Waals surface area (Å²) in [7, 11) is 0. The van der Waals surface area contributed by atoms with Crippen molar-refractivity contribution in [2.75, 3.05) is 19.9 Å². The fraction of sp³-hybridized carbons (Fsp3) is 0.889. The summed E-state index contributed by atoms with van der Waals surface area (Å²) in [5.41, 5.74) is -0.623. The standard InChI is InChI=1S/C9H17N3O5/c1-9(2,3)8(14)16-6-17-10-12(15)11-4-7(13)5-11/h7,13H,4-6H2,1-3H3.